The largest absolute Gasteiger partial charge is 0.480 e. The normalized spacial score (nSPS) is 13.0. The van der Waals surface area contributed by atoms with Crippen molar-refractivity contribution in [1.82, 2.24) is 10.6 Å². The quantitative estimate of drug-likeness (QED) is 0.606. The van der Waals surface area contributed by atoms with Crippen molar-refractivity contribution >= 4 is 29.1 Å². The molecule has 1 aromatic carbocycles. The Balaban J connectivity index is 2.15. The third-order valence-electron chi connectivity index (χ3n) is 3.68. The van der Waals surface area contributed by atoms with Crippen LogP contribution in [0.1, 0.15) is 21.7 Å². The molecule has 2 rings (SSSR count). The Hall–Kier alpha value is -2.81. The number of carbonyl (C=O) groups is 3. The summed E-state index contributed by atoms with van der Waals surface area (Å²) in [5.74, 6) is -2.90. The van der Waals surface area contributed by atoms with E-state index < -0.39 is 42.7 Å². The van der Waals surface area contributed by atoms with E-state index in [2.05, 4.69) is 10.6 Å². The smallest absolute Gasteiger partial charge is 0.326 e. The average molecular weight is 396 g/mol. The van der Waals surface area contributed by atoms with Gasteiger partial charge in [-0.3, -0.25) is 9.59 Å². The Kier molecular flexibility index (Phi) is 7.42. The molecule has 9 heteroatoms. The molecule has 27 heavy (non-hydrogen) atoms. The van der Waals surface area contributed by atoms with Crippen LogP contribution in [-0.2, 0) is 16.0 Å². The fraction of sp³-hybridized carbons (Fsp3) is 0.278. The molecular weight excluding hydrogens is 378 g/mol. The maximum atomic E-state index is 12.6. The number of alkyl halides is 2. The minimum Gasteiger partial charge on any atom is -0.480 e. The fourth-order valence-corrected chi connectivity index (χ4v) is 3.00. The number of thiophene rings is 1. The number of carboxylic acid groups (broad SMARTS) is 1. The predicted octanol–water partition coefficient (Wildman–Crippen LogP) is 2.31. The molecule has 0 radical (unpaired) electrons. The van der Waals surface area contributed by atoms with Crippen LogP contribution in [0.4, 0.5) is 8.78 Å². The molecule has 2 amide bonds. The molecule has 0 aliphatic heterocycles. The van der Waals surface area contributed by atoms with Gasteiger partial charge in [0.25, 0.3) is 5.91 Å². The van der Waals surface area contributed by atoms with Crippen LogP contribution in [0, 0.1) is 0 Å². The Morgan fingerprint density at radius 2 is 1.70 bits per heavy atom. The van der Waals surface area contributed by atoms with E-state index in [0.717, 1.165) is 5.56 Å². The van der Waals surface area contributed by atoms with E-state index in [1.165, 1.54) is 11.3 Å². The highest BCUT2D eigenvalue weighted by Crippen LogP contribution is 2.11. The van der Waals surface area contributed by atoms with Crippen molar-refractivity contribution in [1.29, 1.82) is 0 Å². The van der Waals surface area contributed by atoms with Crippen molar-refractivity contribution in [2.24, 2.45) is 0 Å². The first kappa shape index (κ1) is 20.5. The summed E-state index contributed by atoms with van der Waals surface area (Å²) >= 11 is 1.18. The maximum Gasteiger partial charge on any atom is 0.326 e. The SMILES string of the molecule is O=C(NC(Cc1ccccc1)C(=O)NC(CC(F)F)C(=O)O)c1cccs1. The van der Waals surface area contributed by atoms with Gasteiger partial charge in [-0.05, 0) is 17.0 Å². The monoisotopic (exact) mass is 396 g/mol. The molecule has 3 N–H and O–H groups in total. The van der Waals surface area contributed by atoms with Crippen molar-refractivity contribution in [2.45, 2.75) is 31.4 Å². The summed E-state index contributed by atoms with van der Waals surface area (Å²) in [5.41, 5.74) is 0.727. The van der Waals surface area contributed by atoms with Crippen molar-refractivity contribution < 1.29 is 28.3 Å². The molecule has 0 saturated heterocycles. The number of amides is 2. The van der Waals surface area contributed by atoms with E-state index in [4.69, 9.17) is 5.11 Å². The molecule has 2 aromatic rings. The van der Waals surface area contributed by atoms with Gasteiger partial charge in [0, 0.05) is 12.8 Å². The van der Waals surface area contributed by atoms with Crippen LogP contribution < -0.4 is 10.6 Å². The van der Waals surface area contributed by atoms with Crippen molar-refractivity contribution in [3.8, 4) is 0 Å². The van der Waals surface area contributed by atoms with E-state index in [1.54, 1.807) is 47.8 Å². The highest BCUT2D eigenvalue weighted by molar-refractivity contribution is 7.12. The standard InChI is InChI=1S/C18H18F2N2O4S/c19-15(20)10-13(18(25)26)22-16(23)12(9-11-5-2-1-3-6-11)21-17(24)14-7-4-8-27-14/h1-8,12-13,15H,9-10H2,(H,21,24)(H,22,23)(H,25,26). The van der Waals surface area contributed by atoms with Crippen LogP contribution in [-0.4, -0.2) is 41.4 Å². The van der Waals surface area contributed by atoms with E-state index in [-0.39, 0.29) is 6.42 Å². The topological polar surface area (TPSA) is 95.5 Å². The van der Waals surface area contributed by atoms with Gasteiger partial charge in [-0.25, -0.2) is 13.6 Å². The minimum absolute atomic E-state index is 0.0881. The van der Waals surface area contributed by atoms with Crippen molar-refractivity contribution in [3.63, 3.8) is 0 Å². The van der Waals surface area contributed by atoms with Crippen LogP contribution in [0.3, 0.4) is 0 Å². The van der Waals surface area contributed by atoms with Gasteiger partial charge in [0.2, 0.25) is 12.3 Å². The van der Waals surface area contributed by atoms with Gasteiger partial charge in [-0.1, -0.05) is 36.4 Å². The summed E-state index contributed by atoms with van der Waals surface area (Å²) in [5, 5.41) is 15.4. The fourth-order valence-electron chi connectivity index (χ4n) is 2.37. The number of nitrogens with one attached hydrogen (secondary N) is 2. The summed E-state index contributed by atoms with van der Waals surface area (Å²) < 4.78 is 25.1. The lowest BCUT2D eigenvalue weighted by atomic mass is 10.0. The minimum atomic E-state index is -2.89. The molecule has 0 aliphatic carbocycles. The summed E-state index contributed by atoms with van der Waals surface area (Å²) in [7, 11) is 0. The first-order valence-electron chi connectivity index (χ1n) is 8.06. The molecule has 1 heterocycles. The maximum absolute atomic E-state index is 12.6. The van der Waals surface area contributed by atoms with Gasteiger partial charge >= 0.3 is 5.97 Å². The molecule has 6 nitrogen and oxygen atoms in total. The summed E-state index contributed by atoms with van der Waals surface area (Å²) in [6.07, 6.45) is -3.82. The van der Waals surface area contributed by atoms with Gasteiger partial charge in [-0.2, -0.15) is 0 Å². The summed E-state index contributed by atoms with van der Waals surface area (Å²) in [4.78, 5) is 36.3. The number of hydrogen-bond donors (Lipinski definition) is 3. The lowest BCUT2D eigenvalue weighted by molar-refractivity contribution is -0.143. The zero-order valence-electron chi connectivity index (χ0n) is 14.1. The lowest BCUT2D eigenvalue weighted by Crippen LogP contribution is -2.52. The number of hydrogen-bond acceptors (Lipinski definition) is 4. The highest BCUT2D eigenvalue weighted by Gasteiger charge is 2.29. The average Bonchev–Trinajstić information content (AvgIpc) is 3.15. The molecule has 2 unspecified atom stereocenters. The highest BCUT2D eigenvalue weighted by atomic mass is 32.1. The molecule has 1 aromatic heterocycles. The Morgan fingerprint density at radius 1 is 1.00 bits per heavy atom. The molecule has 0 fully saturated rings. The summed E-state index contributed by atoms with van der Waals surface area (Å²) in [6, 6.07) is 9.17. The molecule has 0 bridgehead atoms. The lowest BCUT2D eigenvalue weighted by Gasteiger charge is -2.21. The van der Waals surface area contributed by atoms with Gasteiger partial charge in [0.1, 0.15) is 12.1 Å². The first-order valence-corrected chi connectivity index (χ1v) is 8.94. The van der Waals surface area contributed by atoms with Crippen LogP contribution in [0.15, 0.2) is 47.8 Å². The van der Waals surface area contributed by atoms with Crippen molar-refractivity contribution in [2.75, 3.05) is 0 Å². The van der Waals surface area contributed by atoms with E-state index in [1.807, 2.05) is 0 Å². The number of carbonyl (C=O) groups excluding carboxylic acids is 2. The third kappa shape index (κ3) is 6.45. The molecular formula is C18H18F2N2O4S. The van der Waals surface area contributed by atoms with Gasteiger partial charge in [0.15, 0.2) is 0 Å². The van der Waals surface area contributed by atoms with Gasteiger partial charge in [0.05, 0.1) is 4.88 Å². The van der Waals surface area contributed by atoms with Crippen LogP contribution >= 0.6 is 11.3 Å². The molecule has 0 saturated carbocycles. The molecule has 2 atom stereocenters. The van der Waals surface area contributed by atoms with E-state index in [0.29, 0.717) is 4.88 Å². The van der Waals surface area contributed by atoms with Crippen LogP contribution in [0.2, 0.25) is 0 Å². The predicted molar refractivity (Wildman–Crippen MR) is 95.9 cm³/mol. The summed E-state index contributed by atoms with van der Waals surface area (Å²) in [6.45, 7) is 0. The Bertz CT molecular complexity index is 769. The van der Waals surface area contributed by atoms with Crippen LogP contribution in [0.5, 0.6) is 0 Å². The van der Waals surface area contributed by atoms with E-state index >= 15 is 0 Å². The second-order valence-corrected chi connectivity index (χ2v) is 6.67. The molecule has 144 valence electrons. The number of carboxylic acids is 1. The second kappa shape index (κ2) is 9.77. The van der Waals surface area contributed by atoms with Gasteiger partial charge in [-0.15, -0.1) is 11.3 Å². The van der Waals surface area contributed by atoms with E-state index in [9.17, 15) is 23.2 Å². The number of aliphatic carboxylic acids is 1. The zero-order chi connectivity index (χ0) is 19.8. The molecule has 0 aliphatic rings. The Morgan fingerprint density at radius 3 is 2.26 bits per heavy atom. The number of rotatable bonds is 9. The van der Waals surface area contributed by atoms with Crippen molar-refractivity contribution in [3.05, 3.63) is 58.3 Å². The number of halogens is 2. The second-order valence-electron chi connectivity index (χ2n) is 5.72. The Labute approximate surface area is 158 Å². The third-order valence-corrected chi connectivity index (χ3v) is 4.55. The molecule has 0 spiro atoms. The van der Waals surface area contributed by atoms with Crippen LogP contribution in [0.25, 0.3) is 0 Å². The van der Waals surface area contributed by atoms with Gasteiger partial charge < -0.3 is 15.7 Å². The number of benzene rings is 1. The first-order chi connectivity index (χ1) is 12.9. The zero-order valence-corrected chi connectivity index (χ0v) is 14.9.